The second kappa shape index (κ2) is 6.11. The lowest BCUT2D eigenvalue weighted by Crippen LogP contribution is -2.41. The van der Waals surface area contributed by atoms with Crippen molar-refractivity contribution in [3.63, 3.8) is 0 Å². The highest BCUT2D eigenvalue weighted by atomic mass is 32.2. The van der Waals surface area contributed by atoms with E-state index in [4.69, 9.17) is 4.74 Å². The molecular formula is C14H22N2O3S. The van der Waals surface area contributed by atoms with Gasteiger partial charge in [-0.15, -0.1) is 0 Å². The topological polar surface area (TPSA) is 58.6 Å². The van der Waals surface area contributed by atoms with Gasteiger partial charge in [0.1, 0.15) is 4.90 Å². The SMILES string of the molecule is CCNc1ccccc1S(=O)(=O)N(C)C1CCOC1C. The maximum absolute atomic E-state index is 12.8. The van der Waals surface area contributed by atoms with E-state index in [1.54, 1.807) is 25.2 Å². The number of likely N-dealkylation sites (N-methyl/N-ethyl adjacent to an activating group) is 1. The molecule has 1 N–H and O–H groups in total. The first-order valence-electron chi connectivity index (χ1n) is 6.91. The first kappa shape index (κ1) is 15.3. The predicted molar refractivity (Wildman–Crippen MR) is 79.4 cm³/mol. The number of para-hydroxylation sites is 1. The number of benzene rings is 1. The third-order valence-electron chi connectivity index (χ3n) is 3.71. The molecule has 2 atom stereocenters. The first-order chi connectivity index (χ1) is 9.48. The van der Waals surface area contributed by atoms with Crippen molar-refractivity contribution in [3.8, 4) is 0 Å². The predicted octanol–water partition coefficient (Wildman–Crippen LogP) is 1.92. The molecular weight excluding hydrogens is 276 g/mol. The maximum Gasteiger partial charge on any atom is 0.245 e. The Balaban J connectivity index is 2.34. The number of hydrogen-bond acceptors (Lipinski definition) is 4. The summed E-state index contributed by atoms with van der Waals surface area (Å²) in [6, 6.07) is 6.91. The number of hydrogen-bond donors (Lipinski definition) is 1. The Bertz CT molecular complexity index is 559. The van der Waals surface area contributed by atoms with E-state index in [1.165, 1.54) is 4.31 Å². The van der Waals surface area contributed by atoms with Crippen LogP contribution in [0, 0.1) is 0 Å². The van der Waals surface area contributed by atoms with E-state index in [0.717, 1.165) is 6.42 Å². The van der Waals surface area contributed by atoms with Crippen molar-refractivity contribution >= 4 is 15.7 Å². The van der Waals surface area contributed by atoms with Gasteiger partial charge in [-0.05, 0) is 32.4 Å². The van der Waals surface area contributed by atoms with Crippen LogP contribution in [-0.4, -0.2) is 45.1 Å². The summed E-state index contributed by atoms with van der Waals surface area (Å²) in [6.45, 7) is 5.15. The molecule has 1 aromatic rings. The molecule has 5 nitrogen and oxygen atoms in total. The molecule has 0 radical (unpaired) electrons. The summed E-state index contributed by atoms with van der Waals surface area (Å²) in [5.74, 6) is 0. The van der Waals surface area contributed by atoms with Crippen LogP contribution in [0.1, 0.15) is 20.3 Å². The summed E-state index contributed by atoms with van der Waals surface area (Å²) in [4.78, 5) is 0.323. The molecule has 20 heavy (non-hydrogen) atoms. The van der Waals surface area contributed by atoms with Crippen LogP contribution in [0.4, 0.5) is 5.69 Å². The summed E-state index contributed by atoms with van der Waals surface area (Å²) < 4.78 is 32.5. The van der Waals surface area contributed by atoms with Crippen LogP contribution in [0.15, 0.2) is 29.2 Å². The Hall–Kier alpha value is -1.11. The van der Waals surface area contributed by atoms with Crippen molar-refractivity contribution in [2.45, 2.75) is 37.3 Å². The number of sulfonamides is 1. The van der Waals surface area contributed by atoms with E-state index in [0.29, 0.717) is 23.7 Å². The maximum atomic E-state index is 12.8. The molecule has 0 bridgehead atoms. The van der Waals surface area contributed by atoms with Gasteiger partial charge in [-0.1, -0.05) is 12.1 Å². The Morgan fingerprint density at radius 2 is 2.10 bits per heavy atom. The average molecular weight is 298 g/mol. The van der Waals surface area contributed by atoms with Gasteiger partial charge in [0.05, 0.1) is 17.8 Å². The van der Waals surface area contributed by atoms with Gasteiger partial charge in [0.2, 0.25) is 10.0 Å². The van der Waals surface area contributed by atoms with E-state index in [2.05, 4.69) is 5.32 Å². The van der Waals surface area contributed by atoms with Crippen LogP contribution < -0.4 is 5.32 Å². The molecule has 6 heteroatoms. The smallest absolute Gasteiger partial charge is 0.245 e. The number of ether oxygens (including phenoxy) is 1. The fraction of sp³-hybridized carbons (Fsp3) is 0.571. The van der Waals surface area contributed by atoms with E-state index < -0.39 is 10.0 Å². The lowest BCUT2D eigenvalue weighted by atomic mass is 10.2. The van der Waals surface area contributed by atoms with Crippen molar-refractivity contribution in [1.29, 1.82) is 0 Å². The molecule has 1 fully saturated rings. The van der Waals surface area contributed by atoms with Crippen LogP contribution in [0.3, 0.4) is 0 Å². The molecule has 2 unspecified atom stereocenters. The van der Waals surface area contributed by atoms with Crippen LogP contribution in [0.25, 0.3) is 0 Å². The highest BCUT2D eigenvalue weighted by Crippen LogP contribution is 2.28. The number of nitrogens with zero attached hydrogens (tertiary/aromatic N) is 1. The standard InChI is InChI=1S/C14H22N2O3S/c1-4-15-12-7-5-6-8-14(12)20(17,18)16(3)13-9-10-19-11(13)2/h5-8,11,13,15H,4,9-10H2,1-3H3. The molecule has 1 aliphatic heterocycles. The van der Waals surface area contributed by atoms with Gasteiger partial charge in [0.15, 0.2) is 0 Å². The van der Waals surface area contributed by atoms with E-state index in [9.17, 15) is 8.42 Å². The number of anilines is 1. The summed E-state index contributed by atoms with van der Waals surface area (Å²) >= 11 is 0. The van der Waals surface area contributed by atoms with Gasteiger partial charge in [-0.25, -0.2) is 8.42 Å². The van der Waals surface area contributed by atoms with Crippen molar-refractivity contribution in [3.05, 3.63) is 24.3 Å². The highest BCUT2D eigenvalue weighted by Gasteiger charge is 2.36. The summed E-state index contributed by atoms with van der Waals surface area (Å²) in [6.07, 6.45) is 0.668. The monoisotopic (exact) mass is 298 g/mol. The summed E-state index contributed by atoms with van der Waals surface area (Å²) in [7, 11) is -1.88. The lowest BCUT2D eigenvalue weighted by molar-refractivity contribution is 0.102. The first-order valence-corrected chi connectivity index (χ1v) is 8.35. The molecule has 112 valence electrons. The Kier molecular flexibility index (Phi) is 4.67. The van der Waals surface area contributed by atoms with Crippen molar-refractivity contribution < 1.29 is 13.2 Å². The molecule has 0 amide bonds. The molecule has 1 heterocycles. The van der Waals surface area contributed by atoms with Gasteiger partial charge in [0.25, 0.3) is 0 Å². The zero-order valence-electron chi connectivity index (χ0n) is 12.2. The fourth-order valence-electron chi connectivity index (χ4n) is 2.56. The molecule has 1 aliphatic rings. The molecule has 1 aromatic carbocycles. The Morgan fingerprint density at radius 1 is 1.40 bits per heavy atom. The largest absolute Gasteiger partial charge is 0.384 e. The van der Waals surface area contributed by atoms with Gasteiger partial charge in [0, 0.05) is 20.2 Å². The number of rotatable bonds is 5. The third-order valence-corrected chi connectivity index (χ3v) is 5.66. The van der Waals surface area contributed by atoms with Gasteiger partial charge >= 0.3 is 0 Å². The zero-order valence-corrected chi connectivity index (χ0v) is 13.0. The van der Waals surface area contributed by atoms with E-state index in [1.807, 2.05) is 19.9 Å². The molecule has 1 saturated heterocycles. The lowest BCUT2D eigenvalue weighted by Gasteiger charge is -2.27. The van der Waals surface area contributed by atoms with Gasteiger partial charge in [-0.3, -0.25) is 0 Å². The third kappa shape index (κ3) is 2.82. The minimum absolute atomic E-state index is 0.0685. The van der Waals surface area contributed by atoms with Gasteiger partial charge < -0.3 is 10.1 Å². The van der Waals surface area contributed by atoms with Crippen LogP contribution in [0.2, 0.25) is 0 Å². The van der Waals surface area contributed by atoms with Crippen molar-refractivity contribution in [2.24, 2.45) is 0 Å². The molecule has 2 rings (SSSR count). The van der Waals surface area contributed by atoms with Crippen LogP contribution in [-0.2, 0) is 14.8 Å². The quantitative estimate of drug-likeness (QED) is 0.902. The van der Waals surface area contributed by atoms with Crippen LogP contribution in [0.5, 0.6) is 0 Å². The van der Waals surface area contributed by atoms with Crippen LogP contribution >= 0.6 is 0 Å². The molecule has 0 saturated carbocycles. The average Bonchev–Trinajstić information content (AvgIpc) is 2.85. The zero-order chi connectivity index (χ0) is 14.8. The normalized spacial score (nSPS) is 23.2. The van der Waals surface area contributed by atoms with Crippen molar-refractivity contribution in [1.82, 2.24) is 4.31 Å². The minimum atomic E-state index is -3.52. The Labute approximate surface area is 121 Å². The fourth-order valence-corrected chi connectivity index (χ4v) is 4.17. The molecule has 0 spiro atoms. The van der Waals surface area contributed by atoms with Gasteiger partial charge in [-0.2, -0.15) is 4.31 Å². The molecule has 0 aromatic heterocycles. The second-order valence-electron chi connectivity index (χ2n) is 4.98. The summed E-state index contributed by atoms with van der Waals surface area (Å²) in [5.41, 5.74) is 0.647. The number of nitrogens with one attached hydrogen (secondary N) is 1. The summed E-state index contributed by atoms with van der Waals surface area (Å²) in [5, 5.41) is 3.10. The minimum Gasteiger partial charge on any atom is -0.384 e. The Morgan fingerprint density at radius 3 is 2.70 bits per heavy atom. The second-order valence-corrected chi connectivity index (χ2v) is 6.95. The van der Waals surface area contributed by atoms with Crippen molar-refractivity contribution in [2.75, 3.05) is 25.5 Å². The van der Waals surface area contributed by atoms with E-state index in [-0.39, 0.29) is 12.1 Å². The highest BCUT2D eigenvalue weighted by molar-refractivity contribution is 7.89. The van der Waals surface area contributed by atoms with E-state index >= 15 is 0 Å². The molecule has 0 aliphatic carbocycles.